The number of hydrogen-bond donors (Lipinski definition) is 4. The van der Waals surface area contributed by atoms with Crippen molar-refractivity contribution in [1.29, 1.82) is 10.5 Å². The predicted octanol–water partition coefficient (Wildman–Crippen LogP) is 3.73. The number of nitrogens with two attached hydrogens (primary N) is 1. The van der Waals surface area contributed by atoms with Crippen LogP contribution in [0.2, 0.25) is 5.02 Å². The van der Waals surface area contributed by atoms with Crippen LogP contribution >= 0.6 is 24.0 Å². The van der Waals surface area contributed by atoms with E-state index >= 15 is 0 Å². The number of carbonyl (C=O) groups excluding carboxylic acids is 2. The number of imidazole rings is 1. The highest BCUT2D eigenvalue weighted by Gasteiger charge is 2.35. The number of nitriles is 2. The van der Waals surface area contributed by atoms with Crippen LogP contribution in [0.5, 0.6) is 0 Å². The molecule has 0 bridgehead atoms. The molecule has 1 amide bonds. The Morgan fingerprint density at radius 2 is 2.02 bits per heavy atom. The molecule has 0 unspecified atom stereocenters. The fraction of sp³-hybridized carbons (Fsp3) is 0.483. The monoisotopic (exact) mass is 673 g/mol. The number of nitrogens with one attached hydrogen (secondary N) is 3. The molecule has 1 aromatic carbocycles. The second-order valence-corrected chi connectivity index (χ2v) is 11.4. The lowest BCUT2D eigenvalue weighted by Gasteiger charge is -2.39. The van der Waals surface area contributed by atoms with Crippen molar-refractivity contribution in [1.82, 2.24) is 24.9 Å². The third-order valence-electron chi connectivity index (χ3n) is 7.12. The van der Waals surface area contributed by atoms with Gasteiger partial charge in [0.25, 0.3) is 0 Å². The van der Waals surface area contributed by atoms with Crippen molar-refractivity contribution in [2.45, 2.75) is 58.2 Å². The van der Waals surface area contributed by atoms with Gasteiger partial charge in [0.15, 0.2) is 17.2 Å². The maximum absolute atomic E-state index is 12.9. The standard InChI is InChI=1S/C29H36ClN11O4.ClH/c1-5-34-26-27-35-14-19(13-32)41(27)39-28(38-26)36-21-9-17(12-31)10-22(25(21)30)40-7-6-20(37-29(43)44-4)23(15-40)45-24(42)11-18(33)8-16(2)3;/h9-10,14,16,18,20,23H,5-8,11,15,33H2,1-4H3,(H,37,43)(H2,34,36,38,39);1H/t18-,20+,23+;/m0./s1. The number of carbonyl (C=O) groups is 2. The van der Waals surface area contributed by atoms with Gasteiger partial charge in [0.1, 0.15) is 12.2 Å². The number of ether oxygens (including phenoxy) is 2. The molecule has 46 heavy (non-hydrogen) atoms. The SMILES string of the molecule is CCNc1nc(Nc2cc(C#N)cc(N3CC[C@@H](NC(=O)OC)[C@H](OC(=O)C[C@@H](N)CC(C)C)C3)c2Cl)nn2c(C#N)cnc12.Cl. The molecule has 1 fully saturated rings. The number of anilines is 4. The number of methoxy groups -OCH3 is 1. The van der Waals surface area contributed by atoms with E-state index in [2.05, 4.69) is 37.1 Å². The summed E-state index contributed by atoms with van der Waals surface area (Å²) >= 11 is 6.92. The van der Waals surface area contributed by atoms with E-state index in [1.54, 1.807) is 12.1 Å². The van der Waals surface area contributed by atoms with Gasteiger partial charge in [0.2, 0.25) is 5.95 Å². The molecule has 3 atom stereocenters. The molecule has 4 rings (SSSR count). The zero-order valence-corrected chi connectivity index (χ0v) is 27.5. The van der Waals surface area contributed by atoms with Crippen LogP contribution in [0.3, 0.4) is 0 Å². The highest BCUT2D eigenvalue weighted by atomic mass is 35.5. The second-order valence-electron chi connectivity index (χ2n) is 11.0. The topological polar surface area (TPSA) is 209 Å². The molecule has 1 saturated heterocycles. The smallest absolute Gasteiger partial charge is 0.407 e. The van der Waals surface area contributed by atoms with Gasteiger partial charge in [-0.05, 0) is 37.8 Å². The molecule has 17 heteroatoms. The molecule has 2 aromatic heterocycles. The summed E-state index contributed by atoms with van der Waals surface area (Å²) in [6.45, 7) is 7.07. The van der Waals surface area contributed by atoms with E-state index in [0.717, 1.165) is 0 Å². The van der Waals surface area contributed by atoms with E-state index in [9.17, 15) is 20.1 Å². The average molecular weight is 675 g/mol. The van der Waals surface area contributed by atoms with E-state index in [1.165, 1.54) is 17.8 Å². The molecule has 3 aromatic rings. The molecule has 15 nitrogen and oxygen atoms in total. The summed E-state index contributed by atoms with van der Waals surface area (Å²) < 4.78 is 12.0. The molecule has 0 aliphatic carbocycles. The zero-order chi connectivity index (χ0) is 32.7. The zero-order valence-electron chi connectivity index (χ0n) is 25.9. The van der Waals surface area contributed by atoms with Crippen LogP contribution in [0.4, 0.5) is 27.9 Å². The van der Waals surface area contributed by atoms with Crippen molar-refractivity contribution in [2.24, 2.45) is 11.7 Å². The van der Waals surface area contributed by atoms with Gasteiger partial charge < -0.3 is 36.1 Å². The number of aromatic nitrogens is 4. The van der Waals surface area contributed by atoms with Gasteiger partial charge in [-0.3, -0.25) is 4.79 Å². The lowest BCUT2D eigenvalue weighted by Crippen LogP contribution is -2.56. The van der Waals surface area contributed by atoms with E-state index in [4.69, 9.17) is 26.8 Å². The Hall–Kier alpha value is -4.57. The largest absolute Gasteiger partial charge is 0.458 e. The molecular weight excluding hydrogens is 637 g/mol. The summed E-state index contributed by atoms with van der Waals surface area (Å²) in [6.07, 6.45) is 1.08. The Morgan fingerprint density at radius 3 is 2.67 bits per heavy atom. The van der Waals surface area contributed by atoms with Crippen molar-refractivity contribution >= 4 is 64.9 Å². The number of hydrogen-bond acceptors (Lipinski definition) is 13. The summed E-state index contributed by atoms with van der Waals surface area (Å²) in [7, 11) is 1.26. The minimum absolute atomic E-state index is 0. The van der Waals surface area contributed by atoms with Gasteiger partial charge >= 0.3 is 12.1 Å². The van der Waals surface area contributed by atoms with E-state index in [1.807, 2.05) is 31.7 Å². The third-order valence-corrected chi connectivity index (χ3v) is 7.52. The van der Waals surface area contributed by atoms with Crippen molar-refractivity contribution < 1.29 is 19.1 Å². The minimum Gasteiger partial charge on any atom is -0.458 e. The van der Waals surface area contributed by atoms with Crippen LogP contribution in [0.25, 0.3) is 5.65 Å². The van der Waals surface area contributed by atoms with E-state index < -0.39 is 24.2 Å². The molecule has 1 aliphatic rings. The maximum atomic E-state index is 12.9. The average Bonchev–Trinajstić information content (AvgIpc) is 3.42. The maximum Gasteiger partial charge on any atom is 0.407 e. The number of amides is 1. The second kappa shape index (κ2) is 16.1. The summed E-state index contributed by atoms with van der Waals surface area (Å²) in [6, 6.07) is 6.51. The van der Waals surface area contributed by atoms with Gasteiger partial charge in [0, 0.05) is 19.1 Å². The number of nitrogens with zero attached hydrogens (tertiary/aromatic N) is 7. The van der Waals surface area contributed by atoms with Crippen molar-refractivity contribution in [2.75, 3.05) is 42.3 Å². The fourth-order valence-corrected chi connectivity index (χ4v) is 5.44. The first kappa shape index (κ1) is 35.9. The van der Waals surface area contributed by atoms with Gasteiger partial charge in [-0.2, -0.15) is 20.0 Å². The Morgan fingerprint density at radius 1 is 1.26 bits per heavy atom. The Balaban J connectivity index is 0.00000576. The number of benzene rings is 1. The summed E-state index contributed by atoms with van der Waals surface area (Å²) in [4.78, 5) is 35.6. The van der Waals surface area contributed by atoms with Crippen LogP contribution in [-0.4, -0.2) is 76.6 Å². The van der Waals surface area contributed by atoms with Crippen LogP contribution < -0.4 is 26.6 Å². The first-order valence-electron chi connectivity index (χ1n) is 14.5. The van der Waals surface area contributed by atoms with Gasteiger partial charge in [-0.25, -0.2) is 9.78 Å². The van der Waals surface area contributed by atoms with Crippen LogP contribution in [0, 0.1) is 28.6 Å². The van der Waals surface area contributed by atoms with E-state index in [0.29, 0.717) is 60.3 Å². The van der Waals surface area contributed by atoms with Crippen molar-refractivity contribution in [3.05, 3.63) is 34.6 Å². The summed E-state index contributed by atoms with van der Waals surface area (Å²) in [5.41, 5.74) is 7.87. The highest BCUT2D eigenvalue weighted by Crippen LogP contribution is 2.37. The number of esters is 1. The Kier molecular flexibility index (Phi) is 12.6. The first-order valence-corrected chi connectivity index (χ1v) is 14.9. The van der Waals surface area contributed by atoms with Crippen LogP contribution in [0.1, 0.15) is 51.3 Å². The normalized spacial score (nSPS) is 16.5. The molecular formula is C29H37Cl2N11O4. The molecule has 5 N–H and O–H groups in total. The number of piperidine rings is 1. The first-order chi connectivity index (χ1) is 21.6. The molecule has 246 valence electrons. The highest BCUT2D eigenvalue weighted by molar-refractivity contribution is 6.36. The number of rotatable bonds is 11. The van der Waals surface area contributed by atoms with Crippen molar-refractivity contribution in [3.63, 3.8) is 0 Å². The summed E-state index contributed by atoms with van der Waals surface area (Å²) in [5.74, 6) is 0.356. The lowest BCUT2D eigenvalue weighted by molar-refractivity contribution is -0.151. The molecule has 0 saturated carbocycles. The predicted molar refractivity (Wildman–Crippen MR) is 174 cm³/mol. The number of fused-ring (bicyclic) bond motifs is 1. The van der Waals surface area contributed by atoms with E-state index in [-0.39, 0.29) is 48.1 Å². The van der Waals surface area contributed by atoms with Crippen LogP contribution in [-0.2, 0) is 14.3 Å². The molecule has 1 aliphatic heterocycles. The van der Waals surface area contributed by atoms with Gasteiger partial charge in [0.05, 0.1) is 60.3 Å². The number of halogens is 2. The Labute approximate surface area is 277 Å². The van der Waals surface area contributed by atoms with Gasteiger partial charge in [-0.1, -0.05) is 25.4 Å². The fourth-order valence-electron chi connectivity index (χ4n) is 5.16. The molecule has 0 spiro atoms. The summed E-state index contributed by atoms with van der Waals surface area (Å²) in [5, 5.41) is 33.0. The van der Waals surface area contributed by atoms with Crippen LogP contribution in [0.15, 0.2) is 18.3 Å². The molecule has 3 heterocycles. The quantitative estimate of drug-likeness (QED) is 0.214. The van der Waals surface area contributed by atoms with Crippen molar-refractivity contribution in [3.8, 4) is 12.1 Å². The van der Waals surface area contributed by atoms with Gasteiger partial charge in [-0.15, -0.1) is 17.5 Å². The third kappa shape index (κ3) is 8.57. The molecule has 0 radical (unpaired) electrons. The lowest BCUT2D eigenvalue weighted by atomic mass is 9.99. The number of alkyl carbamates (subject to hydrolysis) is 1. The minimum atomic E-state index is -0.756. The Bertz CT molecular complexity index is 1640.